The first-order valence-electron chi connectivity index (χ1n) is 8.54. The zero-order valence-corrected chi connectivity index (χ0v) is 14.5. The number of aromatic amines is 2. The summed E-state index contributed by atoms with van der Waals surface area (Å²) < 4.78 is 5.92. The molecule has 0 aliphatic carbocycles. The summed E-state index contributed by atoms with van der Waals surface area (Å²) in [5.41, 5.74) is 4.74. The number of benzene rings is 1. The number of rotatable bonds is 3. The van der Waals surface area contributed by atoms with E-state index in [4.69, 9.17) is 10.00 Å². The molecule has 4 rings (SSSR count). The van der Waals surface area contributed by atoms with Crippen molar-refractivity contribution in [3.05, 3.63) is 63.3 Å². The average Bonchev–Trinajstić information content (AvgIpc) is 2.99. The summed E-state index contributed by atoms with van der Waals surface area (Å²) in [5, 5.41) is 9.10. The first-order chi connectivity index (χ1) is 12.7. The third kappa shape index (κ3) is 3.01. The van der Waals surface area contributed by atoms with Crippen molar-refractivity contribution in [1.29, 1.82) is 5.26 Å². The van der Waals surface area contributed by atoms with Crippen LogP contribution in [-0.2, 0) is 11.3 Å². The van der Waals surface area contributed by atoms with Crippen molar-refractivity contribution in [2.24, 2.45) is 0 Å². The Kier molecular flexibility index (Phi) is 4.29. The van der Waals surface area contributed by atoms with Crippen LogP contribution in [0.2, 0.25) is 0 Å². The molecule has 1 atom stereocenters. The lowest BCUT2D eigenvalue weighted by Crippen LogP contribution is -2.38. The summed E-state index contributed by atoms with van der Waals surface area (Å²) >= 11 is 0. The minimum atomic E-state index is -0.155. The Morgan fingerprint density at radius 1 is 1.46 bits per heavy atom. The van der Waals surface area contributed by atoms with Gasteiger partial charge in [0.2, 0.25) is 0 Å². The number of H-pyrrole nitrogens is 2. The van der Waals surface area contributed by atoms with E-state index in [1.54, 1.807) is 6.07 Å². The second-order valence-corrected chi connectivity index (χ2v) is 6.52. The van der Waals surface area contributed by atoms with Gasteiger partial charge in [-0.2, -0.15) is 5.26 Å². The van der Waals surface area contributed by atoms with Crippen molar-refractivity contribution >= 4 is 11.0 Å². The predicted molar refractivity (Wildman–Crippen MR) is 96.6 cm³/mol. The van der Waals surface area contributed by atoms with E-state index < -0.39 is 0 Å². The third-order valence-electron chi connectivity index (χ3n) is 4.82. The summed E-state index contributed by atoms with van der Waals surface area (Å²) in [7, 11) is 0. The smallest absolute Gasteiger partial charge is 0.275 e. The topological polar surface area (TPSA) is 97.8 Å². The van der Waals surface area contributed by atoms with Gasteiger partial charge in [-0.05, 0) is 24.6 Å². The summed E-state index contributed by atoms with van der Waals surface area (Å²) in [4.78, 5) is 24.3. The summed E-state index contributed by atoms with van der Waals surface area (Å²) in [6.45, 7) is 4.82. The number of aryl methyl sites for hydroxylation is 1. The Hall–Kier alpha value is -2.95. The maximum absolute atomic E-state index is 11.9. The van der Waals surface area contributed by atoms with Crippen LogP contribution in [0.3, 0.4) is 0 Å². The Morgan fingerprint density at radius 3 is 3.19 bits per heavy atom. The molecule has 3 heterocycles. The molecule has 7 heteroatoms. The molecule has 0 bridgehead atoms. The third-order valence-corrected chi connectivity index (χ3v) is 4.82. The Morgan fingerprint density at radius 2 is 2.35 bits per heavy atom. The number of hydrogen-bond acceptors (Lipinski definition) is 5. The second-order valence-electron chi connectivity index (χ2n) is 6.52. The lowest BCUT2D eigenvalue weighted by molar-refractivity contribution is -0.0328. The molecule has 1 unspecified atom stereocenters. The zero-order valence-electron chi connectivity index (χ0n) is 14.5. The van der Waals surface area contributed by atoms with Crippen molar-refractivity contribution in [3.8, 4) is 6.07 Å². The molecule has 1 saturated heterocycles. The van der Waals surface area contributed by atoms with Crippen LogP contribution < -0.4 is 5.56 Å². The number of hydrogen-bond donors (Lipinski definition) is 2. The summed E-state index contributed by atoms with van der Waals surface area (Å²) in [5.74, 6) is 0. The van der Waals surface area contributed by atoms with Crippen LogP contribution in [0.15, 0.2) is 35.4 Å². The monoisotopic (exact) mass is 349 g/mol. The number of nitrogens with one attached hydrogen (secondary N) is 2. The molecule has 1 aliphatic heterocycles. The lowest BCUT2D eigenvalue weighted by Gasteiger charge is -2.33. The van der Waals surface area contributed by atoms with Gasteiger partial charge in [0.25, 0.3) is 5.56 Å². The van der Waals surface area contributed by atoms with Gasteiger partial charge in [-0.1, -0.05) is 12.1 Å². The molecule has 7 nitrogen and oxygen atoms in total. The van der Waals surface area contributed by atoms with E-state index in [1.165, 1.54) is 6.33 Å². The number of fused-ring (bicyclic) bond motifs is 1. The SMILES string of the molecule is Cc1[nH]c2c(=O)[nH]cnc2c1CN1CCOC(c2cccc(C#N)c2)C1. The number of ether oxygens (including phenoxy) is 1. The number of morpholine rings is 1. The molecule has 2 aromatic heterocycles. The molecule has 1 aliphatic rings. The zero-order chi connectivity index (χ0) is 18.1. The molecule has 26 heavy (non-hydrogen) atoms. The largest absolute Gasteiger partial charge is 0.371 e. The maximum Gasteiger partial charge on any atom is 0.275 e. The lowest BCUT2D eigenvalue weighted by atomic mass is 10.0. The number of nitrogens with zero attached hydrogens (tertiary/aromatic N) is 3. The molecule has 1 aromatic carbocycles. The molecule has 1 fully saturated rings. The molecule has 0 amide bonds. The van der Waals surface area contributed by atoms with Crippen molar-refractivity contribution in [2.75, 3.05) is 19.7 Å². The van der Waals surface area contributed by atoms with E-state index >= 15 is 0 Å². The van der Waals surface area contributed by atoms with Crippen LogP contribution in [0.1, 0.15) is 28.5 Å². The Labute approximate surface area is 150 Å². The Bertz CT molecular complexity index is 1050. The highest BCUT2D eigenvalue weighted by Gasteiger charge is 2.24. The van der Waals surface area contributed by atoms with E-state index in [1.807, 2.05) is 25.1 Å². The van der Waals surface area contributed by atoms with Gasteiger partial charge in [-0.25, -0.2) is 4.98 Å². The van der Waals surface area contributed by atoms with E-state index in [0.29, 0.717) is 24.2 Å². The average molecular weight is 349 g/mol. The van der Waals surface area contributed by atoms with Crippen molar-refractivity contribution in [3.63, 3.8) is 0 Å². The highest BCUT2D eigenvalue weighted by atomic mass is 16.5. The van der Waals surface area contributed by atoms with Crippen LogP contribution in [0.4, 0.5) is 0 Å². The predicted octanol–water partition coefficient (Wildman–Crippen LogP) is 2.00. The first-order valence-corrected chi connectivity index (χ1v) is 8.54. The molecule has 3 aromatic rings. The van der Waals surface area contributed by atoms with Crippen LogP contribution in [-0.4, -0.2) is 39.5 Å². The molecule has 132 valence electrons. The van der Waals surface area contributed by atoms with Gasteiger partial charge in [0.15, 0.2) is 0 Å². The number of nitriles is 1. The van der Waals surface area contributed by atoms with E-state index in [0.717, 1.165) is 35.4 Å². The van der Waals surface area contributed by atoms with Gasteiger partial charge in [-0.15, -0.1) is 0 Å². The Balaban J connectivity index is 1.58. The van der Waals surface area contributed by atoms with E-state index in [9.17, 15) is 4.79 Å². The number of aromatic nitrogens is 3. The van der Waals surface area contributed by atoms with Gasteiger partial charge in [0.1, 0.15) is 11.0 Å². The second kappa shape index (κ2) is 6.75. The standard InChI is InChI=1S/C19H19N5O2/c1-12-15(17-18(23-12)19(25)22-11-21-17)9-24-5-6-26-16(10-24)14-4-2-3-13(7-14)8-20/h2-4,7,11,16,23H,5-6,9-10H2,1H3,(H,21,22,25). The molecule has 2 N–H and O–H groups in total. The van der Waals surface area contributed by atoms with Gasteiger partial charge in [0.05, 0.1) is 30.7 Å². The van der Waals surface area contributed by atoms with E-state index in [-0.39, 0.29) is 11.7 Å². The molecular weight excluding hydrogens is 330 g/mol. The highest BCUT2D eigenvalue weighted by Crippen LogP contribution is 2.26. The van der Waals surface area contributed by atoms with Crippen LogP contribution >= 0.6 is 0 Å². The minimum absolute atomic E-state index is 0.0704. The molecular formula is C19H19N5O2. The summed E-state index contributed by atoms with van der Waals surface area (Å²) in [6, 6.07) is 9.73. The van der Waals surface area contributed by atoms with Gasteiger partial charge in [-0.3, -0.25) is 9.69 Å². The molecule has 0 spiro atoms. The molecule has 0 saturated carbocycles. The van der Waals surface area contributed by atoms with E-state index in [2.05, 4.69) is 25.9 Å². The maximum atomic E-state index is 11.9. The minimum Gasteiger partial charge on any atom is -0.371 e. The molecule has 0 radical (unpaired) electrons. The normalized spacial score (nSPS) is 18.1. The van der Waals surface area contributed by atoms with Crippen LogP contribution in [0.5, 0.6) is 0 Å². The van der Waals surface area contributed by atoms with Crippen molar-refractivity contribution in [1.82, 2.24) is 19.9 Å². The van der Waals surface area contributed by atoms with Crippen molar-refractivity contribution in [2.45, 2.75) is 19.6 Å². The van der Waals surface area contributed by atoms with Gasteiger partial charge in [0, 0.05) is 30.9 Å². The van der Waals surface area contributed by atoms with Crippen LogP contribution in [0.25, 0.3) is 11.0 Å². The summed E-state index contributed by atoms with van der Waals surface area (Å²) in [6.07, 6.45) is 1.37. The fourth-order valence-corrected chi connectivity index (χ4v) is 3.46. The van der Waals surface area contributed by atoms with Crippen molar-refractivity contribution < 1.29 is 4.74 Å². The first kappa shape index (κ1) is 16.5. The van der Waals surface area contributed by atoms with Crippen LogP contribution in [0, 0.1) is 18.3 Å². The highest BCUT2D eigenvalue weighted by molar-refractivity contribution is 5.79. The fraction of sp³-hybridized carbons (Fsp3) is 0.316. The van der Waals surface area contributed by atoms with Gasteiger partial charge >= 0.3 is 0 Å². The quantitative estimate of drug-likeness (QED) is 0.754. The fourth-order valence-electron chi connectivity index (χ4n) is 3.46. The van der Waals surface area contributed by atoms with Gasteiger partial charge < -0.3 is 14.7 Å².